The van der Waals surface area contributed by atoms with Gasteiger partial charge < -0.3 is 15.6 Å². The number of hydrogen-bond donors (Lipinski definition) is 2. The first-order valence-electron chi connectivity index (χ1n) is 3.48. The average Bonchev–Trinajstić information content (AvgIpc) is 2.00. The van der Waals surface area contributed by atoms with Gasteiger partial charge in [-0.3, -0.25) is 9.59 Å². The molecule has 0 aromatic carbocycles. The smallest absolute Gasteiger partial charge is 0.322 e. The molecule has 0 saturated heterocycles. The van der Waals surface area contributed by atoms with Crippen LogP contribution >= 0.6 is 0 Å². The highest BCUT2D eigenvalue weighted by molar-refractivity contribution is 5.75. The SMILES string of the molecule is CC(=O)O.CCC(N)C(=O)OC. The molecule has 0 bridgehead atoms. The van der Waals surface area contributed by atoms with E-state index in [9.17, 15) is 4.79 Å². The molecule has 0 spiro atoms. The molecule has 0 radical (unpaired) electrons. The number of carboxylic acid groups (broad SMARTS) is 1. The monoisotopic (exact) mass is 177 g/mol. The van der Waals surface area contributed by atoms with E-state index in [0.29, 0.717) is 6.42 Å². The summed E-state index contributed by atoms with van der Waals surface area (Å²) in [5, 5.41) is 7.42. The number of aliphatic carboxylic acids is 1. The lowest BCUT2D eigenvalue weighted by Crippen LogP contribution is -2.30. The van der Waals surface area contributed by atoms with Crippen LogP contribution in [0.1, 0.15) is 20.3 Å². The summed E-state index contributed by atoms with van der Waals surface area (Å²) >= 11 is 0. The fourth-order valence-electron chi connectivity index (χ4n) is 0.318. The van der Waals surface area contributed by atoms with Crippen LogP contribution in [0.2, 0.25) is 0 Å². The second-order valence-corrected chi connectivity index (χ2v) is 2.06. The van der Waals surface area contributed by atoms with E-state index in [-0.39, 0.29) is 5.97 Å². The summed E-state index contributed by atoms with van der Waals surface area (Å²) in [5.74, 6) is -1.17. The van der Waals surface area contributed by atoms with Gasteiger partial charge in [-0.2, -0.15) is 0 Å². The fourth-order valence-corrected chi connectivity index (χ4v) is 0.318. The third-order valence-corrected chi connectivity index (χ3v) is 0.944. The number of carboxylic acids is 1. The molecule has 0 saturated carbocycles. The molecular formula is C7H15NO4. The van der Waals surface area contributed by atoms with E-state index in [0.717, 1.165) is 6.92 Å². The number of carbonyl (C=O) groups is 2. The summed E-state index contributed by atoms with van der Waals surface area (Å²) in [4.78, 5) is 19.4. The Labute approximate surface area is 71.5 Å². The van der Waals surface area contributed by atoms with Crippen LogP contribution in [0.25, 0.3) is 0 Å². The minimum atomic E-state index is -0.833. The van der Waals surface area contributed by atoms with Crippen LogP contribution in [0.15, 0.2) is 0 Å². The molecule has 0 aliphatic heterocycles. The third-order valence-electron chi connectivity index (χ3n) is 0.944. The van der Waals surface area contributed by atoms with Gasteiger partial charge in [-0.25, -0.2) is 0 Å². The number of carbonyl (C=O) groups excluding carboxylic acids is 1. The summed E-state index contributed by atoms with van der Waals surface area (Å²) in [7, 11) is 1.33. The zero-order valence-electron chi connectivity index (χ0n) is 7.53. The van der Waals surface area contributed by atoms with Gasteiger partial charge in [0.05, 0.1) is 7.11 Å². The van der Waals surface area contributed by atoms with Crippen molar-refractivity contribution >= 4 is 11.9 Å². The van der Waals surface area contributed by atoms with E-state index in [1.807, 2.05) is 6.92 Å². The van der Waals surface area contributed by atoms with Gasteiger partial charge in [0, 0.05) is 6.92 Å². The van der Waals surface area contributed by atoms with Crippen molar-refractivity contribution in [1.29, 1.82) is 0 Å². The first-order chi connectivity index (χ1) is 5.45. The highest BCUT2D eigenvalue weighted by atomic mass is 16.5. The van der Waals surface area contributed by atoms with Crippen molar-refractivity contribution in [1.82, 2.24) is 0 Å². The van der Waals surface area contributed by atoms with Crippen LogP contribution in [0.3, 0.4) is 0 Å². The summed E-state index contributed by atoms with van der Waals surface area (Å²) in [6.45, 7) is 2.92. The molecule has 0 aromatic heterocycles. The van der Waals surface area contributed by atoms with Crippen molar-refractivity contribution in [2.75, 3.05) is 7.11 Å². The molecule has 0 aromatic rings. The van der Waals surface area contributed by atoms with Crippen molar-refractivity contribution in [2.24, 2.45) is 5.73 Å². The molecular weight excluding hydrogens is 162 g/mol. The van der Waals surface area contributed by atoms with Crippen LogP contribution in [0.5, 0.6) is 0 Å². The number of ether oxygens (including phenoxy) is 1. The van der Waals surface area contributed by atoms with Crippen molar-refractivity contribution < 1.29 is 19.4 Å². The summed E-state index contributed by atoms with van der Waals surface area (Å²) in [6, 6.07) is -0.444. The van der Waals surface area contributed by atoms with Crippen LogP contribution in [0.4, 0.5) is 0 Å². The molecule has 0 aliphatic rings. The molecule has 3 N–H and O–H groups in total. The van der Waals surface area contributed by atoms with Gasteiger partial charge in [-0.05, 0) is 6.42 Å². The van der Waals surface area contributed by atoms with E-state index < -0.39 is 12.0 Å². The Morgan fingerprint density at radius 3 is 2.00 bits per heavy atom. The Kier molecular flexibility index (Phi) is 8.99. The Morgan fingerprint density at radius 2 is 1.92 bits per heavy atom. The number of rotatable bonds is 2. The lowest BCUT2D eigenvalue weighted by molar-refractivity contribution is -0.142. The van der Waals surface area contributed by atoms with Crippen LogP contribution < -0.4 is 5.73 Å². The van der Waals surface area contributed by atoms with Crippen LogP contribution in [0, 0.1) is 0 Å². The maximum absolute atomic E-state index is 10.4. The van der Waals surface area contributed by atoms with Crippen molar-refractivity contribution in [3.05, 3.63) is 0 Å². The fraction of sp³-hybridized carbons (Fsp3) is 0.714. The van der Waals surface area contributed by atoms with Gasteiger partial charge in [-0.1, -0.05) is 6.92 Å². The minimum absolute atomic E-state index is 0.340. The summed E-state index contributed by atoms with van der Waals surface area (Å²) in [5.41, 5.74) is 5.25. The Morgan fingerprint density at radius 1 is 1.58 bits per heavy atom. The van der Waals surface area contributed by atoms with Crippen molar-refractivity contribution in [2.45, 2.75) is 26.3 Å². The highest BCUT2D eigenvalue weighted by Gasteiger charge is 2.08. The third kappa shape index (κ3) is 11.7. The normalized spacial score (nSPS) is 10.7. The zero-order valence-corrected chi connectivity index (χ0v) is 7.53. The van der Waals surface area contributed by atoms with Gasteiger partial charge in [0.2, 0.25) is 0 Å². The lowest BCUT2D eigenvalue weighted by atomic mass is 10.2. The van der Waals surface area contributed by atoms with E-state index >= 15 is 0 Å². The average molecular weight is 177 g/mol. The second kappa shape index (κ2) is 8.00. The predicted molar refractivity (Wildman–Crippen MR) is 43.6 cm³/mol. The van der Waals surface area contributed by atoms with Crippen molar-refractivity contribution in [3.63, 3.8) is 0 Å². The maximum atomic E-state index is 10.4. The van der Waals surface area contributed by atoms with E-state index in [2.05, 4.69) is 4.74 Å². The van der Waals surface area contributed by atoms with Gasteiger partial charge >= 0.3 is 5.97 Å². The predicted octanol–water partition coefficient (Wildman–Crippen LogP) is -0.0124. The topological polar surface area (TPSA) is 89.6 Å². The second-order valence-electron chi connectivity index (χ2n) is 2.06. The molecule has 0 amide bonds. The van der Waals surface area contributed by atoms with Gasteiger partial charge in [0.25, 0.3) is 5.97 Å². The van der Waals surface area contributed by atoms with E-state index in [1.54, 1.807) is 0 Å². The molecule has 5 heteroatoms. The molecule has 0 heterocycles. The van der Waals surface area contributed by atoms with Gasteiger partial charge in [-0.15, -0.1) is 0 Å². The number of nitrogens with two attached hydrogens (primary N) is 1. The zero-order chi connectivity index (χ0) is 10.1. The number of hydrogen-bond acceptors (Lipinski definition) is 4. The minimum Gasteiger partial charge on any atom is -0.481 e. The van der Waals surface area contributed by atoms with Crippen LogP contribution in [-0.2, 0) is 14.3 Å². The first kappa shape index (κ1) is 13.5. The Balaban J connectivity index is 0. The number of methoxy groups -OCH3 is 1. The highest BCUT2D eigenvalue weighted by Crippen LogP contribution is 1.86. The molecule has 1 unspecified atom stereocenters. The largest absolute Gasteiger partial charge is 0.481 e. The summed E-state index contributed by atoms with van der Waals surface area (Å²) < 4.78 is 4.34. The van der Waals surface area contributed by atoms with E-state index in [4.69, 9.17) is 15.6 Å². The quantitative estimate of drug-likeness (QED) is 0.579. The molecule has 72 valence electrons. The van der Waals surface area contributed by atoms with E-state index in [1.165, 1.54) is 7.11 Å². The molecule has 5 nitrogen and oxygen atoms in total. The Hall–Kier alpha value is -1.10. The van der Waals surface area contributed by atoms with Gasteiger partial charge in [0.15, 0.2) is 0 Å². The molecule has 0 fully saturated rings. The van der Waals surface area contributed by atoms with Crippen molar-refractivity contribution in [3.8, 4) is 0 Å². The van der Waals surface area contributed by atoms with Gasteiger partial charge in [0.1, 0.15) is 6.04 Å². The van der Waals surface area contributed by atoms with Crippen LogP contribution in [-0.4, -0.2) is 30.2 Å². The standard InChI is InChI=1S/C5H11NO2.C2H4O2/c1-3-4(6)5(7)8-2;1-2(3)4/h4H,3,6H2,1-2H3;1H3,(H,3,4). The lowest BCUT2D eigenvalue weighted by Gasteiger charge is -2.03. The molecule has 0 rings (SSSR count). The molecule has 1 atom stereocenters. The maximum Gasteiger partial charge on any atom is 0.322 e. The number of esters is 1. The Bertz CT molecular complexity index is 142. The first-order valence-corrected chi connectivity index (χ1v) is 3.48. The molecule has 12 heavy (non-hydrogen) atoms. The molecule has 0 aliphatic carbocycles. The summed E-state index contributed by atoms with van der Waals surface area (Å²) in [6.07, 6.45) is 0.632.